The van der Waals surface area contributed by atoms with E-state index in [4.69, 9.17) is 19.0 Å². The average Bonchev–Trinajstić information content (AvgIpc) is 2.64. The first kappa shape index (κ1) is 13.8. The van der Waals surface area contributed by atoms with Gasteiger partial charge in [-0.25, -0.2) is 9.63 Å². The summed E-state index contributed by atoms with van der Waals surface area (Å²) in [6.07, 6.45) is 0.588. The van der Waals surface area contributed by atoms with Crippen LogP contribution in [-0.4, -0.2) is 46.8 Å². The third-order valence-electron chi connectivity index (χ3n) is 3.29. The summed E-state index contributed by atoms with van der Waals surface area (Å²) >= 11 is 6.95. The molecule has 0 spiro atoms. The lowest BCUT2D eigenvalue weighted by molar-refractivity contribution is -0.261. The zero-order valence-corrected chi connectivity index (χ0v) is 13.7. The summed E-state index contributed by atoms with van der Waals surface area (Å²) in [5.41, 5.74) is 0. The van der Waals surface area contributed by atoms with Gasteiger partial charge in [0, 0.05) is 4.48 Å². The minimum atomic E-state index is -0.951. The van der Waals surface area contributed by atoms with Crippen LogP contribution in [0.3, 0.4) is 0 Å². The number of carbonyl (C=O) groups is 1. The number of carbonyl (C=O) groups excluding carboxylic acids is 1. The molecule has 0 radical (unpaired) electrons. The van der Waals surface area contributed by atoms with E-state index in [0.717, 1.165) is 4.48 Å². The van der Waals surface area contributed by atoms with Gasteiger partial charge in [-0.2, -0.15) is 5.06 Å². The Morgan fingerprint density at radius 1 is 1.47 bits per heavy atom. The number of hydrogen-bond donors (Lipinski definition) is 0. The van der Waals surface area contributed by atoms with Crippen LogP contribution in [0.4, 0.5) is 4.79 Å². The second kappa shape index (κ2) is 4.17. The number of fused-ring (bicyclic) bond motifs is 1. The molecule has 0 aromatic carbocycles. The fourth-order valence-electron chi connectivity index (χ4n) is 2.61. The van der Waals surface area contributed by atoms with Crippen molar-refractivity contribution in [3.05, 3.63) is 10.6 Å². The number of hydrogen-bond acceptors (Lipinski definition) is 5. The zero-order chi connectivity index (χ0) is 14.0. The molecule has 2 bridgehead atoms. The molecule has 4 atom stereocenters. The molecule has 0 unspecified atom stereocenters. The lowest BCUT2D eigenvalue weighted by Gasteiger charge is -2.50. The number of ether oxygens (including phenoxy) is 3. The van der Waals surface area contributed by atoms with Crippen molar-refractivity contribution >= 4 is 38.0 Å². The summed E-state index contributed by atoms with van der Waals surface area (Å²) in [6, 6.07) is -0.418. The number of methoxy groups -OCH3 is 1. The molecule has 3 aliphatic heterocycles. The van der Waals surface area contributed by atoms with Crippen LogP contribution in [-0.2, 0) is 19.0 Å². The third kappa shape index (κ3) is 1.96. The van der Waals surface area contributed by atoms with Crippen LogP contribution in [0.1, 0.15) is 13.8 Å². The van der Waals surface area contributed by atoms with Gasteiger partial charge in [0.15, 0.2) is 10.3 Å². The van der Waals surface area contributed by atoms with Crippen LogP contribution in [0, 0.1) is 0 Å². The van der Waals surface area contributed by atoms with Crippen molar-refractivity contribution in [2.45, 2.75) is 42.4 Å². The van der Waals surface area contributed by atoms with Crippen LogP contribution in [0.5, 0.6) is 0 Å². The van der Waals surface area contributed by atoms with E-state index in [1.165, 1.54) is 12.2 Å². The van der Waals surface area contributed by atoms with Gasteiger partial charge in [-0.1, -0.05) is 15.9 Å². The predicted molar refractivity (Wildman–Crippen MR) is 71.6 cm³/mol. The molecule has 2 saturated heterocycles. The Bertz CT molecular complexity index is 468. The summed E-state index contributed by atoms with van der Waals surface area (Å²) in [4.78, 5) is 17.5. The van der Waals surface area contributed by atoms with Gasteiger partial charge in [-0.15, -0.1) is 0 Å². The maximum atomic E-state index is 11.8. The van der Waals surface area contributed by atoms with Gasteiger partial charge < -0.3 is 14.2 Å². The van der Waals surface area contributed by atoms with Gasteiger partial charge in [0.1, 0.15) is 18.2 Å². The highest BCUT2D eigenvalue weighted by molar-refractivity contribution is 9.12. The maximum absolute atomic E-state index is 11.8. The summed E-state index contributed by atoms with van der Waals surface area (Å²) in [5.74, 6) is -0.729. The predicted octanol–water partition coefficient (Wildman–Crippen LogP) is 2.27. The molecule has 8 heteroatoms. The van der Waals surface area contributed by atoms with Crippen LogP contribution < -0.4 is 0 Å². The molecule has 1 amide bonds. The number of nitrogens with zero attached hydrogens (tertiary/aromatic N) is 1. The monoisotopic (exact) mass is 397 g/mol. The normalized spacial score (nSPS) is 42.9. The second-order valence-corrected chi connectivity index (χ2v) is 7.23. The lowest BCUT2D eigenvalue weighted by atomic mass is 9.92. The highest BCUT2D eigenvalue weighted by Crippen LogP contribution is 2.52. The maximum Gasteiger partial charge on any atom is 0.434 e. The first-order chi connectivity index (χ1) is 8.77. The fourth-order valence-corrected chi connectivity index (χ4v) is 4.46. The highest BCUT2D eigenvalue weighted by Gasteiger charge is 2.65. The molecular formula is C11H13Br2NO5. The number of alkyl halides is 1. The van der Waals surface area contributed by atoms with Gasteiger partial charge in [0.2, 0.25) is 0 Å². The number of amides is 1. The minimum Gasteiger partial charge on any atom is -0.451 e. The van der Waals surface area contributed by atoms with E-state index in [1.54, 1.807) is 0 Å². The van der Waals surface area contributed by atoms with Crippen LogP contribution >= 0.6 is 31.9 Å². The van der Waals surface area contributed by atoms with Crippen LogP contribution in [0.15, 0.2) is 10.6 Å². The first-order valence-corrected chi connectivity index (χ1v) is 7.35. The topological polar surface area (TPSA) is 57.2 Å². The average molecular weight is 399 g/mol. The van der Waals surface area contributed by atoms with E-state index in [9.17, 15) is 4.79 Å². The Labute approximate surface area is 127 Å². The van der Waals surface area contributed by atoms with E-state index in [1.807, 2.05) is 19.9 Å². The van der Waals surface area contributed by atoms with Crippen molar-refractivity contribution in [3.8, 4) is 0 Å². The van der Waals surface area contributed by atoms with Gasteiger partial charge >= 0.3 is 6.09 Å². The molecule has 1 aliphatic carbocycles. The molecule has 0 saturated carbocycles. The number of rotatable bonds is 0. The Kier molecular flexibility index (Phi) is 3.03. The molecule has 6 nitrogen and oxygen atoms in total. The van der Waals surface area contributed by atoms with Crippen LogP contribution in [0.2, 0.25) is 0 Å². The molecular weight excluding hydrogens is 386 g/mol. The van der Waals surface area contributed by atoms with Gasteiger partial charge in [-0.3, -0.25) is 0 Å². The van der Waals surface area contributed by atoms with E-state index in [2.05, 4.69) is 31.9 Å². The summed E-state index contributed by atoms with van der Waals surface area (Å²) in [7, 11) is 1.31. The van der Waals surface area contributed by atoms with E-state index >= 15 is 0 Å². The van der Waals surface area contributed by atoms with Gasteiger partial charge in [0.25, 0.3) is 0 Å². The Balaban J connectivity index is 2.02. The number of halogens is 2. The smallest absolute Gasteiger partial charge is 0.434 e. The second-order valence-electron chi connectivity index (χ2n) is 5.08. The lowest BCUT2D eigenvalue weighted by Crippen LogP contribution is -2.66. The standard InChI is InChI=1S/C11H13Br2NO5/c1-10(2)17-7-6-5(12)4-11(13,8(7)18-10)19-14(6)9(15)16-3/h4,6-8H,1-3H3/t6-,7+,8+,11+/m1/s1. The number of hydroxylamine groups is 2. The molecule has 0 aromatic heterocycles. The summed E-state index contributed by atoms with van der Waals surface area (Å²) in [5, 5.41) is 1.17. The van der Waals surface area contributed by atoms with E-state index in [-0.39, 0.29) is 12.2 Å². The molecule has 3 heterocycles. The highest BCUT2D eigenvalue weighted by atomic mass is 79.9. The van der Waals surface area contributed by atoms with Crippen LogP contribution in [0.25, 0.3) is 0 Å². The van der Waals surface area contributed by atoms with Crippen molar-refractivity contribution in [1.29, 1.82) is 0 Å². The molecule has 4 aliphatic rings. The molecule has 0 N–H and O–H groups in total. The van der Waals surface area contributed by atoms with Crippen molar-refractivity contribution in [3.63, 3.8) is 0 Å². The minimum absolute atomic E-state index is 0.332. The first-order valence-electron chi connectivity index (χ1n) is 5.76. The SMILES string of the molecule is COC(=O)N1O[C@@]2(Br)C=C(Br)[C@@H]1[C@@H]1OC(C)(C)O[C@@H]12. The van der Waals surface area contributed by atoms with Gasteiger partial charge in [0.05, 0.1) is 7.11 Å². The quantitative estimate of drug-likeness (QED) is 0.586. The summed E-state index contributed by atoms with van der Waals surface area (Å²) in [6.45, 7) is 3.66. The van der Waals surface area contributed by atoms with Crippen molar-refractivity contribution in [2.75, 3.05) is 7.11 Å². The Morgan fingerprint density at radius 2 is 2.16 bits per heavy atom. The molecule has 2 fully saturated rings. The van der Waals surface area contributed by atoms with E-state index < -0.39 is 22.4 Å². The fraction of sp³-hybridized carbons (Fsp3) is 0.727. The Hall–Kier alpha value is -0.150. The molecule has 19 heavy (non-hydrogen) atoms. The van der Waals surface area contributed by atoms with Crippen molar-refractivity contribution < 1.29 is 23.8 Å². The molecule has 106 valence electrons. The largest absolute Gasteiger partial charge is 0.451 e. The molecule has 4 rings (SSSR count). The van der Waals surface area contributed by atoms with Crippen molar-refractivity contribution in [1.82, 2.24) is 5.06 Å². The van der Waals surface area contributed by atoms with Crippen molar-refractivity contribution in [2.24, 2.45) is 0 Å². The zero-order valence-electron chi connectivity index (χ0n) is 10.6. The Morgan fingerprint density at radius 3 is 2.79 bits per heavy atom. The van der Waals surface area contributed by atoms with E-state index in [0.29, 0.717) is 0 Å². The molecule has 0 aromatic rings. The van der Waals surface area contributed by atoms with Gasteiger partial charge in [-0.05, 0) is 35.9 Å². The third-order valence-corrected chi connectivity index (χ3v) is 4.81. The summed E-state index contributed by atoms with van der Waals surface area (Å²) < 4.78 is 16.3.